The average Bonchev–Trinajstić information content (AvgIpc) is 2.42. The Kier molecular flexibility index (Phi) is 6.31. The molecule has 2 rings (SSSR count). The normalized spacial score (nSPS) is 30.9. The summed E-state index contributed by atoms with van der Waals surface area (Å²) in [6.07, 6.45) is 2.97. The Labute approximate surface area is 179 Å². The molecule has 3 unspecified atom stereocenters. The van der Waals surface area contributed by atoms with Crippen molar-refractivity contribution < 1.29 is 0 Å². The summed E-state index contributed by atoms with van der Waals surface area (Å²) in [5.74, 6) is -0.949. The molecule has 1 aliphatic carbocycles. The molecule has 0 fully saturated rings. The van der Waals surface area contributed by atoms with E-state index in [1.807, 2.05) is 6.07 Å². The van der Waals surface area contributed by atoms with Gasteiger partial charge >= 0.3 is 0 Å². The molecule has 1 aromatic carbocycles. The van der Waals surface area contributed by atoms with Gasteiger partial charge in [-0.15, -0.1) is 23.2 Å². The smallest absolute Gasteiger partial charge is 0.115 e. The first kappa shape index (κ1) is 20.9. The number of alkyl halides is 9. The Hall–Kier alpha value is 1.57. The lowest BCUT2D eigenvalue weighted by Crippen LogP contribution is -2.62. The molecular formula is C14H9Cl9. The van der Waals surface area contributed by atoms with Gasteiger partial charge in [0.25, 0.3) is 0 Å². The lowest BCUT2D eigenvalue weighted by Gasteiger charge is -2.52. The van der Waals surface area contributed by atoms with Crippen LogP contribution in [-0.4, -0.2) is 22.7 Å². The van der Waals surface area contributed by atoms with Gasteiger partial charge in [-0.05, 0) is 5.56 Å². The van der Waals surface area contributed by atoms with Crippen LogP contribution in [0.2, 0.25) is 0 Å². The van der Waals surface area contributed by atoms with Crippen molar-refractivity contribution in [3.05, 3.63) is 48.0 Å². The minimum atomic E-state index is -1.95. The molecule has 0 N–H and O–H groups in total. The third-order valence-corrected chi connectivity index (χ3v) is 8.45. The minimum Gasteiger partial charge on any atom is -0.115 e. The molecule has 0 aromatic heterocycles. The number of halogens is 9. The number of hydrogen-bond acceptors (Lipinski definition) is 0. The second-order valence-corrected chi connectivity index (χ2v) is 11.3. The van der Waals surface area contributed by atoms with E-state index in [1.54, 1.807) is 24.3 Å². The summed E-state index contributed by atoms with van der Waals surface area (Å²) in [6, 6.07) is 8.84. The van der Waals surface area contributed by atoms with E-state index in [1.165, 1.54) is 12.2 Å². The average molecular weight is 496 g/mol. The number of allylic oxidation sites excluding steroid dienone is 2. The van der Waals surface area contributed by atoms with Crippen LogP contribution in [0.25, 0.3) is 0 Å². The van der Waals surface area contributed by atoms with E-state index in [4.69, 9.17) is 104 Å². The van der Waals surface area contributed by atoms with E-state index in [9.17, 15) is 0 Å². The van der Waals surface area contributed by atoms with Gasteiger partial charge in [-0.3, -0.25) is 0 Å². The minimum absolute atomic E-state index is 0.606. The molecule has 1 aromatic rings. The van der Waals surface area contributed by atoms with Crippen LogP contribution in [-0.2, 0) is 0 Å². The van der Waals surface area contributed by atoms with E-state index in [0.29, 0.717) is 5.56 Å². The van der Waals surface area contributed by atoms with Gasteiger partial charge in [0.1, 0.15) is 4.87 Å². The van der Waals surface area contributed by atoms with E-state index < -0.39 is 28.6 Å². The second-order valence-electron chi connectivity index (χ2n) is 5.11. The predicted molar refractivity (Wildman–Crippen MR) is 106 cm³/mol. The summed E-state index contributed by atoms with van der Waals surface area (Å²) >= 11 is 57.0. The summed E-state index contributed by atoms with van der Waals surface area (Å²) in [5, 5.41) is -0.875. The zero-order chi connectivity index (χ0) is 17.7. The summed E-state index contributed by atoms with van der Waals surface area (Å²) in [5.41, 5.74) is 0.606. The first-order valence-corrected chi connectivity index (χ1v) is 9.71. The maximum atomic E-state index is 6.77. The summed E-state index contributed by atoms with van der Waals surface area (Å²) in [4.78, 5) is -1.63. The summed E-state index contributed by atoms with van der Waals surface area (Å²) in [6.45, 7) is 0. The molecule has 0 aliphatic heterocycles. The number of rotatable bonds is 2. The molecule has 23 heavy (non-hydrogen) atoms. The van der Waals surface area contributed by atoms with Gasteiger partial charge in [0, 0.05) is 0 Å². The molecule has 1 aliphatic rings. The SMILES string of the molecule is ClC1C=CC(Cl)(C(c2ccccc2)C(Cl)(Cl)Cl)C(Cl)(Cl)C1(Cl)Cl. The second kappa shape index (κ2) is 6.95. The van der Waals surface area contributed by atoms with Crippen molar-refractivity contribution in [1.82, 2.24) is 0 Å². The van der Waals surface area contributed by atoms with Crippen LogP contribution in [0.5, 0.6) is 0 Å². The highest BCUT2D eigenvalue weighted by atomic mass is 35.6. The van der Waals surface area contributed by atoms with Gasteiger partial charge in [0.05, 0.1) is 11.3 Å². The highest BCUT2D eigenvalue weighted by molar-refractivity contribution is 6.70. The van der Waals surface area contributed by atoms with Crippen LogP contribution >= 0.6 is 104 Å². The Balaban J connectivity index is 2.69. The zero-order valence-corrected chi connectivity index (χ0v) is 17.9. The molecule has 0 radical (unpaired) electrons. The van der Waals surface area contributed by atoms with Crippen LogP contribution < -0.4 is 0 Å². The molecule has 9 heteroatoms. The Bertz CT molecular complexity index is 590. The lowest BCUT2D eigenvalue weighted by atomic mass is 9.79. The van der Waals surface area contributed by atoms with Gasteiger partial charge < -0.3 is 0 Å². The standard InChI is InChI=1S/C14H9Cl9/c15-9-6-7-11(16,14(22,23)12(9,17)18)10(13(19,20)21)8-4-2-1-3-5-8/h1-7,9-10H. The molecule has 0 spiro atoms. The molecule has 3 atom stereocenters. The monoisotopic (exact) mass is 492 g/mol. The quantitative estimate of drug-likeness (QED) is 0.292. The maximum Gasteiger partial charge on any atom is 0.199 e. The fraction of sp³-hybridized carbons (Fsp3) is 0.429. The fourth-order valence-electron chi connectivity index (χ4n) is 2.47. The fourth-order valence-corrected chi connectivity index (χ4v) is 5.53. The lowest BCUT2D eigenvalue weighted by molar-refractivity contribution is 0.443. The molecule has 128 valence electrons. The summed E-state index contributed by atoms with van der Waals surface area (Å²) < 4.78 is -5.60. The summed E-state index contributed by atoms with van der Waals surface area (Å²) in [7, 11) is 0. The highest BCUT2D eigenvalue weighted by Crippen LogP contribution is 2.65. The Morgan fingerprint density at radius 3 is 1.91 bits per heavy atom. The van der Waals surface area contributed by atoms with Crippen LogP contribution in [0.1, 0.15) is 11.5 Å². The van der Waals surface area contributed by atoms with Crippen molar-refractivity contribution in [1.29, 1.82) is 0 Å². The largest absolute Gasteiger partial charge is 0.199 e. The van der Waals surface area contributed by atoms with Gasteiger partial charge in [-0.2, -0.15) is 0 Å². The first-order chi connectivity index (χ1) is 10.4. The number of benzene rings is 1. The Morgan fingerprint density at radius 1 is 0.913 bits per heavy atom. The van der Waals surface area contributed by atoms with Gasteiger partial charge in [0.2, 0.25) is 0 Å². The molecule has 0 heterocycles. The van der Waals surface area contributed by atoms with Gasteiger partial charge in [-0.25, -0.2) is 0 Å². The molecule has 0 amide bonds. The van der Waals surface area contributed by atoms with E-state index in [0.717, 1.165) is 0 Å². The molecular weight excluding hydrogens is 487 g/mol. The third kappa shape index (κ3) is 3.55. The zero-order valence-electron chi connectivity index (χ0n) is 11.1. The molecule has 0 nitrogen and oxygen atoms in total. The molecule has 0 bridgehead atoms. The highest BCUT2D eigenvalue weighted by Gasteiger charge is 2.69. The van der Waals surface area contributed by atoms with Crippen molar-refractivity contribution in [2.24, 2.45) is 0 Å². The number of hydrogen-bond donors (Lipinski definition) is 0. The topological polar surface area (TPSA) is 0 Å². The third-order valence-electron chi connectivity index (χ3n) is 3.63. The van der Waals surface area contributed by atoms with Gasteiger partial charge in [-0.1, -0.05) is 124 Å². The van der Waals surface area contributed by atoms with Crippen molar-refractivity contribution in [3.63, 3.8) is 0 Å². The molecule has 0 saturated heterocycles. The first-order valence-electron chi connectivity index (χ1n) is 6.25. The van der Waals surface area contributed by atoms with Crippen molar-refractivity contribution in [3.8, 4) is 0 Å². The van der Waals surface area contributed by atoms with E-state index in [2.05, 4.69) is 0 Å². The Morgan fingerprint density at radius 2 is 1.43 bits per heavy atom. The van der Waals surface area contributed by atoms with E-state index >= 15 is 0 Å². The van der Waals surface area contributed by atoms with Crippen molar-refractivity contribution >= 4 is 104 Å². The maximum absolute atomic E-state index is 6.77. The van der Waals surface area contributed by atoms with Crippen molar-refractivity contribution in [2.45, 2.75) is 28.6 Å². The van der Waals surface area contributed by atoms with Crippen molar-refractivity contribution in [2.75, 3.05) is 0 Å². The van der Waals surface area contributed by atoms with Crippen LogP contribution in [0.4, 0.5) is 0 Å². The van der Waals surface area contributed by atoms with Crippen LogP contribution in [0, 0.1) is 0 Å². The van der Waals surface area contributed by atoms with E-state index in [-0.39, 0.29) is 0 Å². The van der Waals surface area contributed by atoms with Gasteiger partial charge in [0.15, 0.2) is 12.5 Å². The predicted octanol–water partition coefficient (Wildman–Crippen LogP) is 7.64. The molecule has 0 saturated carbocycles. The van der Waals surface area contributed by atoms with Crippen LogP contribution in [0.15, 0.2) is 42.5 Å². The van der Waals surface area contributed by atoms with Crippen LogP contribution in [0.3, 0.4) is 0 Å².